The van der Waals surface area contributed by atoms with Crippen molar-refractivity contribution in [3.05, 3.63) is 141 Å². The van der Waals surface area contributed by atoms with E-state index in [-0.39, 0.29) is 92.3 Å². The molecule has 115 heavy (non-hydrogen) atoms. The molecule has 0 spiro atoms. The van der Waals surface area contributed by atoms with Crippen LogP contribution < -0.4 is 10.6 Å². The molecule has 638 valence electrons. The van der Waals surface area contributed by atoms with Gasteiger partial charge in [-0.25, -0.2) is 55.3 Å². The van der Waals surface area contributed by atoms with E-state index in [0.717, 1.165) is 96.4 Å². The minimum Gasteiger partial charge on any atom is -0.447 e. The Morgan fingerprint density at radius 2 is 0.974 bits per heavy atom. The van der Waals surface area contributed by atoms with Gasteiger partial charge in [0.05, 0.1) is 60.4 Å². The van der Waals surface area contributed by atoms with Crippen LogP contribution in [0, 0.1) is 65.5 Å². The molecule has 5 fully saturated rings. The first-order valence-electron chi connectivity index (χ1n) is 40.3. The van der Waals surface area contributed by atoms with Crippen LogP contribution in [0.2, 0.25) is 0 Å². The molecule has 5 aliphatic rings. The minimum atomic E-state index is -1.43. The quantitative estimate of drug-likeness (QED) is 0.0258. The van der Waals surface area contributed by atoms with E-state index in [9.17, 15) is 74.9 Å². The summed E-state index contributed by atoms with van der Waals surface area (Å²) in [7, 11) is 1.43. The molecule has 9 rings (SSSR count). The average Bonchev–Trinajstić information content (AvgIpc) is 1.77. The smallest absolute Gasteiger partial charge is 0.416 e. The van der Waals surface area contributed by atoms with Gasteiger partial charge in [-0.15, -0.1) is 0 Å². The van der Waals surface area contributed by atoms with Crippen molar-refractivity contribution in [1.29, 1.82) is 0 Å². The Hall–Kier alpha value is -8.38. The normalized spacial score (nSPS) is 22.1. The maximum atomic E-state index is 14.3. The Labute approximate surface area is 673 Å². The lowest BCUT2D eigenvalue weighted by atomic mass is 9.83. The number of piperidine rings is 3. The standard InChI is InChI=1S/C30H41F2N3O3.C29H42F2N2O7.C27H38F2N2O6/c1-5-10-35(11-6-2)30(38)23-13-19(3)12-22(17-23)29(37)34-27(16-21-14-24(31)18-25(32)15-21)28(36)26-9-7-8-20(4)33-26;1-17(2)24-15-38-27(35)33(24)26(34)22(13-19-11-20(30)14-21(31)12-19)25(39-16-37-7)23-10-8-9-18(3)32(23)28(36)40-29(4,5)6;1-15(2)22-14-36-25(34)31(22)24(33)20(12-17-10-18(28)13-19(29)11-17)23(32)21-9-7-8-16(3)30(21)26(35)37-27(4,5)6/h12-15,17-18,20,26-28,33,36H,5-11,16H2,1-4H3,(H,34,37);11-12,14,17-18,22-25H,8-10,13,15-16H2,1-7H3;10-11,13,15-16,20-23,32H,7-9,12,14H2,1-6H3/t20-,26+,27-,28+;18-,22-,23+,24+,25-;16-,20-,21+,22+,23-/m000/s1. The SMILES string of the molecule is CC(C)[C@H]1COC(=O)N1C(=O)[C@@H](Cc1cc(F)cc(F)c1)[C@H](O)[C@H]1CCC[C@H](C)N1C(=O)OC(C)(C)C.CCCN(CCC)C(=O)c1cc(C)cc(C(=O)N[C@@H](Cc2cc(F)cc(F)c2)[C@H](O)[C@H]2CCC[C@H](C)N2)c1.COCO[C@@H]([C@H](Cc1cc(F)cc(F)c1)C(=O)N1C(=O)OC[C@@H]1C(C)C)[C@H]1CCC[C@H](C)N1C(=O)OC(C)(C)C. The summed E-state index contributed by atoms with van der Waals surface area (Å²) >= 11 is 0. The maximum Gasteiger partial charge on any atom is 0.416 e. The summed E-state index contributed by atoms with van der Waals surface area (Å²) in [5.41, 5.74) is 0.658. The molecule has 14 atom stereocenters. The van der Waals surface area contributed by atoms with E-state index in [0.29, 0.717) is 61.9 Å². The minimum absolute atomic E-state index is 0.0180. The highest BCUT2D eigenvalue weighted by Crippen LogP contribution is 2.38. The third-order valence-electron chi connectivity index (χ3n) is 21.3. The molecule has 5 heterocycles. The number of nitrogens with one attached hydrogen (secondary N) is 2. The first kappa shape index (κ1) is 93.8. The van der Waals surface area contributed by atoms with Crippen LogP contribution in [-0.4, -0.2) is 207 Å². The molecule has 4 N–H and O–H groups in total. The van der Waals surface area contributed by atoms with Gasteiger partial charge in [0, 0.05) is 73.7 Å². The van der Waals surface area contributed by atoms with Crippen molar-refractivity contribution < 1.29 is 103 Å². The number of aryl methyl sites for hydroxylation is 1. The van der Waals surface area contributed by atoms with Crippen LogP contribution in [0.1, 0.15) is 217 Å². The first-order chi connectivity index (χ1) is 54.0. The molecule has 0 radical (unpaired) electrons. The predicted molar refractivity (Wildman–Crippen MR) is 419 cm³/mol. The number of likely N-dealkylation sites (tertiary alicyclic amines) is 2. The van der Waals surface area contributed by atoms with Gasteiger partial charge in [0.1, 0.15) is 66.1 Å². The molecule has 4 aromatic rings. The first-order valence-corrected chi connectivity index (χ1v) is 40.3. The zero-order chi connectivity index (χ0) is 85.2. The molecular weight excluding hydrogens is 1500 g/mol. The predicted octanol–water partition coefficient (Wildman–Crippen LogP) is 14.7. The number of hydrogen-bond acceptors (Lipinski definition) is 17. The van der Waals surface area contributed by atoms with Crippen LogP contribution >= 0.6 is 0 Å². The second-order valence-corrected chi connectivity index (χ2v) is 33.9. The second-order valence-electron chi connectivity index (χ2n) is 33.9. The fraction of sp³-hybridized carbons (Fsp3) is 0.628. The number of carbonyl (C=O) groups excluding carboxylic acids is 8. The van der Waals surface area contributed by atoms with E-state index in [1.165, 1.54) is 24.1 Å². The van der Waals surface area contributed by atoms with Gasteiger partial charge in [0.2, 0.25) is 11.8 Å². The summed E-state index contributed by atoms with van der Waals surface area (Å²) in [5, 5.41) is 29.3. The zero-order valence-electron chi connectivity index (χ0n) is 69.7. The molecule has 0 aromatic heterocycles. The van der Waals surface area contributed by atoms with Crippen molar-refractivity contribution in [2.24, 2.45) is 23.7 Å². The summed E-state index contributed by atoms with van der Waals surface area (Å²) in [4.78, 5) is 114. The number of aliphatic hydroxyl groups is 2. The van der Waals surface area contributed by atoms with E-state index in [1.54, 1.807) is 69.5 Å². The number of hydrogen-bond donors (Lipinski definition) is 4. The Bertz CT molecular complexity index is 3910. The maximum absolute atomic E-state index is 14.3. The number of nitrogens with zero attached hydrogens (tertiary/aromatic N) is 5. The number of carbonyl (C=O) groups is 8. The summed E-state index contributed by atoms with van der Waals surface area (Å²) in [5.74, 6) is -9.15. The summed E-state index contributed by atoms with van der Waals surface area (Å²) in [6.07, 6.45) is 1.49. The summed E-state index contributed by atoms with van der Waals surface area (Å²) in [6.45, 7) is 30.7. The lowest BCUT2D eigenvalue weighted by Gasteiger charge is -2.46. The van der Waals surface area contributed by atoms with Crippen LogP contribution in [0.5, 0.6) is 0 Å². The van der Waals surface area contributed by atoms with E-state index in [4.69, 9.17) is 28.4 Å². The number of halogens is 6. The number of ether oxygens (including phenoxy) is 6. The average molecular weight is 1620 g/mol. The van der Waals surface area contributed by atoms with Gasteiger partial charge < -0.3 is 54.2 Å². The van der Waals surface area contributed by atoms with E-state index < -0.39 is 149 Å². The van der Waals surface area contributed by atoms with Gasteiger partial charge in [-0.1, -0.05) is 48.0 Å². The molecule has 8 amide bonds. The Morgan fingerprint density at radius 3 is 1.41 bits per heavy atom. The largest absolute Gasteiger partial charge is 0.447 e. The molecule has 0 unspecified atom stereocenters. The molecule has 5 aliphatic heterocycles. The second kappa shape index (κ2) is 42.1. The number of cyclic esters (lactones) is 2. The van der Waals surface area contributed by atoms with Gasteiger partial charge in [-0.2, -0.15) is 0 Å². The van der Waals surface area contributed by atoms with Crippen molar-refractivity contribution in [2.45, 2.75) is 285 Å². The van der Waals surface area contributed by atoms with E-state index >= 15 is 0 Å². The number of methoxy groups -OCH3 is 1. The molecule has 0 bridgehead atoms. The lowest BCUT2D eigenvalue weighted by molar-refractivity contribution is -0.156. The highest BCUT2D eigenvalue weighted by molar-refractivity contribution is 6.00. The molecular formula is C86H121F6N7O16. The van der Waals surface area contributed by atoms with Gasteiger partial charge >= 0.3 is 24.4 Å². The lowest BCUT2D eigenvalue weighted by Crippen LogP contribution is -2.60. The summed E-state index contributed by atoms with van der Waals surface area (Å²) < 4.78 is 117. The van der Waals surface area contributed by atoms with Crippen LogP contribution in [0.3, 0.4) is 0 Å². The summed E-state index contributed by atoms with van der Waals surface area (Å²) in [6, 6.07) is 10.3. The third kappa shape index (κ3) is 26.3. The molecule has 4 aromatic carbocycles. The molecule has 5 saturated heterocycles. The van der Waals surface area contributed by atoms with Crippen molar-refractivity contribution >= 4 is 48.0 Å². The number of imide groups is 2. The van der Waals surface area contributed by atoms with Gasteiger partial charge in [0.15, 0.2) is 0 Å². The van der Waals surface area contributed by atoms with Gasteiger partial charge in [0.25, 0.3) is 11.8 Å². The van der Waals surface area contributed by atoms with Crippen molar-refractivity contribution in [2.75, 3.05) is 40.2 Å². The molecule has 23 nitrogen and oxygen atoms in total. The van der Waals surface area contributed by atoms with Crippen molar-refractivity contribution in [3.8, 4) is 0 Å². The Morgan fingerprint density at radius 1 is 0.557 bits per heavy atom. The zero-order valence-corrected chi connectivity index (χ0v) is 69.7. The van der Waals surface area contributed by atoms with Crippen LogP contribution in [0.25, 0.3) is 0 Å². The fourth-order valence-corrected chi connectivity index (χ4v) is 16.0. The van der Waals surface area contributed by atoms with E-state index in [2.05, 4.69) is 10.6 Å². The monoisotopic (exact) mass is 1620 g/mol. The third-order valence-corrected chi connectivity index (χ3v) is 21.3. The van der Waals surface area contributed by atoms with Crippen molar-refractivity contribution in [3.63, 3.8) is 0 Å². The van der Waals surface area contributed by atoms with Crippen LogP contribution in [-0.2, 0) is 57.3 Å². The number of rotatable bonds is 26. The number of benzene rings is 4. The van der Waals surface area contributed by atoms with Crippen LogP contribution in [0.15, 0.2) is 72.8 Å². The highest BCUT2D eigenvalue weighted by Gasteiger charge is 2.52. The Kier molecular flexibility index (Phi) is 34.4. The molecule has 0 saturated carbocycles. The van der Waals surface area contributed by atoms with Crippen LogP contribution in [0.4, 0.5) is 45.5 Å². The van der Waals surface area contributed by atoms with Gasteiger partial charge in [-0.05, 0) is 241 Å². The highest BCUT2D eigenvalue weighted by atomic mass is 19.2. The van der Waals surface area contributed by atoms with Crippen molar-refractivity contribution in [1.82, 2.24) is 35.1 Å². The fourth-order valence-electron chi connectivity index (χ4n) is 16.0. The Balaban J connectivity index is 0.000000239. The van der Waals surface area contributed by atoms with Gasteiger partial charge in [-0.3, -0.25) is 29.0 Å². The van der Waals surface area contributed by atoms with E-state index in [1.807, 2.05) is 69.2 Å². The molecule has 29 heteroatoms. The molecule has 0 aliphatic carbocycles. The topological polar surface area (TPSA) is 273 Å². The number of aliphatic hydroxyl groups excluding tert-OH is 2. The number of amides is 8.